The van der Waals surface area contributed by atoms with Crippen LogP contribution in [0.1, 0.15) is 41.6 Å². The Hall–Kier alpha value is -4.41. The summed E-state index contributed by atoms with van der Waals surface area (Å²) in [5, 5.41) is 10.7. The number of methoxy groups -OCH3 is 2. The zero-order valence-electron chi connectivity index (χ0n) is 25.9. The molecule has 1 amide bonds. The number of nitrogens with two attached hydrogens (primary N) is 1. The molecule has 3 aliphatic rings. The summed E-state index contributed by atoms with van der Waals surface area (Å²) < 4.78 is 15.7. The minimum atomic E-state index is -0.0879. The van der Waals surface area contributed by atoms with Crippen LogP contribution in [0.4, 0.5) is 0 Å². The molecular formula is C35H38N6O4. The molecule has 0 spiro atoms. The van der Waals surface area contributed by atoms with E-state index in [1.165, 1.54) is 12.8 Å². The van der Waals surface area contributed by atoms with Gasteiger partial charge in [0.1, 0.15) is 22.7 Å². The van der Waals surface area contributed by atoms with Gasteiger partial charge < -0.3 is 34.3 Å². The first-order chi connectivity index (χ1) is 21.9. The summed E-state index contributed by atoms with van der Waals surface area (Å²) in [7, 11) is 5.25. The third-order valence-electron chi connectivity index (χ3n) is 10.2. The van der Waals surface area contributed by atoms with Gasteiger partial charge in [-0.1, -0.05) is 12.1 Å². The van der Waals surface area contributed by atoms with Crippen LogP contribution >= 0.6 is 0 Å². The predicted molar refractivity (Wildman–Crippen MR) is 172 cm³/mol. The zero-order valence-corrected chi connectivity index (χ0v) is 25.9. The molecule has 3 N–H and O–H groups in total. The number of aliphatic hydroxyl groups is 1. The minimum absolute atomic E-state index is 0.00622. The summed E-state index contributed by atoms with van der Waals surface area (Å²) in [6, 6.07) is 16.0. The molecular weight excluding hydrogens is 568 g/mol. The normalized spacial score (nSPS) is 20.9. The number of aryl methyl sites for hydroxylation is 1. The average Bonchev–Trinajstić information content (AvgIpc) is 3.47. The van der Waals surface area contributed by atoms with Gasteiger partial charge in [-0.15, -0.1) is 0 Å². The van der Waals surface area contributed by atoms with E-state index in [9.17, 15) is 9.90 Å². The molecule has 1 aliphatic heterocycles. The van der Waals surface area contributed by atoms with Crippen LogP contribution in [0.15, 0.2) is 48.5 Å². The number of hydrogen-bond donors (Lipinski definition) is 2. The molecule has 2 aliphatic carbocycles. The van der Waals surface area contributed by atoms with Gasteiger partial charge in [0.2, 0.25) is 0 Å². The highest BCUT2D eigenvalue weighted by atomic mass is 16.5. The van der Waals surface area contributed by atoms with Gasteiger partial charge in [-0.05, 0) is 73.9 Å². The van der Waals surface area contributed by atoms with E-state index in [0.29, 0.717) is 35.4 Å². The lowest BCUT2D eigenvalue weighted by Crippen LogP contribution is -2.41. The average molecular weight is 607 g/mol. The summed E-state index contributed by atoms with van der Waals surface area (Å²) in [5.74, 6) is 3.03. The molecule has 2 bridgehead atoms. The van der Waals surface area contributed by atoms with Gasteiger partial charge in [0.05, 0.1) is 37.7 Å². The van der Waals surface area contributed by atoms with E-state index in [1.807, 2.05) is 48.3 Å². The summed E-state index contributed by atoms with van der Waals surface area (Å²) >= 11 is 0. The number of hydrogen-bond acceptors (Lipinski definition) is 7. The summed E-state index contributed by atoms with van der Waals surface area (Å²) in [6.45, 7) is 1.48. The number of pyridine rings is 1. The Labute approximate surface area is 261 Å². The Morgan fingerprint density at radius 3 is 2.51 bits per heavy atom. The SMILES string of the molecule is COc1cc(-c2ccc3cc(-c4nc5cc(C(=O)N6CC7CCC6C7N)cc(OC)c5n4C)n(CC4CC4)c3n2)ccc1CO. The molecule has 3 fully saturated rings. The first-order valence-electron chi connectivity index (χ1n) is 15.8. The highest BCUT2D eigenvalue weighted by molar-refractivity contribution is 6.00. The van der Waals surface area contributed by atoms with Crippen molar-refractivity contribution in [2.45, 2.75) is 50.9 Å². The van der Waals surface area contributed by atoms with E-state index in [1.54, 1.807) is 14.2 Å². The molecule has 5 aromatic rings. The number of carbonyl (C=O) groups is 1. The fraction of sp³-hybridized carbons (Fsp3) is 0.400. The highest BCUT2D eigenvalue weighted by Crippen LogP contribution is 2.40. The fourth-order valence-corrected chi connectivity index (χ4v) is 7.52. The maximum atomic E-state index is 13.7. The van der Waals surface area contributed by atoms with Crippen LogP contribution in [-0.4, -0.2) is 67.9 Å². The third-order valence-corrected chi connectivity index (χ3v) is 10.2. The molecule has 8 rings (SSSR count). The van der Waals surface area contributed by atoms with Gasteiger partial charge >= 0.3 is 0 Å². The van der Waals surface area contributed by atoms with Gasteiger partial charge in [0.15, 0.2) is 5.82 Å². The number of aliphatic hydroxyl groups excluding tert-OH is 1. The topological polar surface area (TPSA) is 121 Å². The summed E-state index contributed by atoms with van der Waals surface area (Å²) in [4.78, 5) is 26.0. The van der Waals surface area contributed by atoms with E-state index in [0.717, 1.165) is 69.8 Å². The second kappa shape index (κ2) is 10.6. The largest absolute Gasteiger partial charge is 0.496 e. The number of aromatic nitrogens is 4. The quantitative estimate of drug-likeness (QED) is 0.262. The van der Waals surface area contributed by atoms with Crippen molar-refractivity contribution in [3.8, 4) is 34.3 Å². The Morgan fingerprint density at radius 2 is 1.82 bits per heavy atom. The molecule has 2 saturated carbocycles. The first-order valence-corrected chi connectivity index (χ1v) is 15.8. The Balaban J connectivity index is 1.23. The lowest BCUT2D eigenvalue weighted by molar-refractivity contribution is 0.0700. The maximum Gasteiger partial charge on any atom is 0.254 e. The van der Waals surface area contributed by atoms with Crippen molar-refractivity contribution in [3.63, 3.8) is 0 Å². The van der Waals surface area contributed by atoms with Crippen molar-refractivity contribution in [1.82, 2.24) is 24.0 Å². The van der Waals surface area contributed by atoms with Crippen LogP contribution in [0.5, 0.6) is 11.5 Å². The molecule has 232 valence electrons. The number of likely N-dealkylation sites (tertiary alicyclic amines) is 1. The van der Waals surface area contributed by atoms with Crippen molar-refractivity contribution in [3.05, 3.63) is 59.7 Å². The van der Waals surface area contributed by atoms with E-state index >= 15 is 0 Å². The number of rotatable bonds is 8. The first kappa shape index (κ1) is 28.1. The van der Waals surface area contributed by atoms with Crippen LogP contribution in [-0.2, 0) is 20.2 Å². The maximum absolute atomic E-state index is 13.7. The molecule has 4 heterocycles. The highest BCUT2D eigenvalue weighted by Gasteiger charge is 2.47. The number of benzene rings is 2. The number of imidazole rings is 1. The van der Waals surface area contributed by atoms with E-state index < -0.39 is 0 Å². The monoisotopic (exact) mass is 606 g/mol. The Bertz CT molecular complexity index is 1970. The smallest absolute Gasteiger partial charge is 0.254 e. The van der Waals surface area contributed by atoms with Crippen LogP contribution in [0.25, 0.3) is 44.8 Å². The van der Waals surface area contributed by atoms with Crippen molar-refractivity contribution in [2.75, 3.05) is 20.8 Å². The van der Waals surface area contributed by atoms with Gasteiger partial charge in [-0.3, -0.25) is 4.79 Å². The Kier molecular flexibility index (Phi) is 6.61. The van der Waals surface area contributed by atoms with Crippen molar-refractivity contribution >= 4 is 28.0 Å². The van der Waals surface area contributed by atoms with Gasteiger partial charge in [0, 0.05) is 54.3 Å². The molecule has 3 unspecified atom stereocenters. The second-order valence-corrected chi connectivity index (χ2v) is 12.9. The number of carbonyl (C=O) groups excluding carboxylic acids is 1. The van der Waals surface area contributed by atoms with Crippen LogP contribution in [0.3, 0.4) is 0 Å². The fourth-order valence-electron chi connectivity index (χ4n) is 7.52. The van der Waals surface area contributed by atoms with Crippen molar-refractivity contribution < 1.29 is 19.4 Å². The predicted octanol–water partition coefficient (Wildman–Crippen LogP) is 4.74. The molecule has 10 heteroatoms. The van der Waals surface area contributed by atoms with Crippen LogP contribution < -0.4 is 15.2 Å². The second-order valence-electron chi connectivity index (χ2n) is 12.9. The van der Waals surface area contributed by atoms with Crippen molar-refractivity contribution in [1.29, 1.82) is 0 Å². The van der Waals surface area contributed by atoms with E-state index in [2.05, 4.69) is 21.3 Å². The lowest BCUT2D eigenvalue weighted by atomic mass is 10.1. The van der Waals surface area contributed by atoms with Gasteiger partial charge in [0.25, 0.3) is 5.91 Å². The molecule has 45 heavy (non-hydrogen) atoms. The molecule has 10 nitrogen and oxygen atoms in total. The lowest BCUT2D eigenvalue weighted by Gasteiger charge is -2.27. The number of fused-ring (bicyclic) bond motifs is 4. The number of amides is 1. The standard InChI is InChI=1S/C35H38N6O4/c1-39-32-26(12-24(15-30(32)45-3)35(43)41-17-22-9-11-27(41)31(22)36)38-34(39)28-13-21-8-10-25(37-33(21)40(28)16-19-4-5-19)20-6-7-23(18-42)29(14-20)44-2/h6-8,10,12-15,19,22,27,31,42H,4-5,9,11,16-18,36H2,1-3H3. The molecule has 0 radical (unpaired) electrons. The number of piperidine rings is 1. The van der Waals surface area contributed by atoms with Gasteiger partial charge in [-0.2, -0.15) is 0 Å². The zero-order chi connectivity index (χ0) is 31.0. The molecule has 1 saturated heterocycles. The van der Waals surface area contributed by atoms with Gasteiger partial charge in [-0.25, -0.2) is 9.97 Å². The number of nitrogens with zero attached hydrogens (tertiary/aromatic N) is 5. The summed E-state index contributed by atoms with van der Waals surface area (Å²) in [5.41, 5.74) is 12.9. The van der Waals surface area contributed by atoms with E-state index in [4.69, 9.17) is 25.2 Å². The molecule has 2 aromatic carbocycles. The van der Waals surface area contributed by atoms with Crippen molar-refractivity contribution in [2.24, 2.45) is 24.6 Å². The van der Waals surface area contributed by atoms with Crippen LogP contribution in [0, 0.1) is 11.8 Å². The third kappa shape index (κ3) is 4.49. The number of ether oxygens (including phenoxy) is 2. The summed E-state index contributed by atoms with van der Waals surface area (Å²) in [6.07, 6.45) is 4.45. The molecule has 3 atom stereocenters. The van der Waals surface area contributed by atoms with Crippen LogP contribution in [0.2, 0.25) is 0 Å². The van der Waals surface area contributed by atoms with E-state index in [-0.39, 0.29) is 24.6 Å². The minimum Gasteiger partial charge on any atom is -0.496 e. The Morgan fingerprint density at radius 1 is 1.00 bits per heavy atom. The molecule has 3 aromatic heterocycles.